The lowest BCUT2D eigenvalue weighted by Crippen LogP contribution is -2.25. The number of rotatable bonds is 2. The molecule has 1 fully saturated rings. The van der Waals surface area contributed by atoms with Crippen LogP contribution in [0.5, 0.6) is 0 Å². The Morgan fingerprint density at radius 2 is 2.05 bits per heavy atom. The van der Waals surface area contributed by atoms with E-state index in [1.165, 1.54) is 12.1 Å². The van der Waals surface area contributed by atoms with Crippen molar-refractivity contribution >= 4 is 15.7 Å². The van der Waals surface area contributed by atoms with Crippen LogP contribution in [0, 0.1) is 5.82 Å². The van der Waals surface area contributed by atoms with E-state index in [-0.39, 0.29) is 17.2 Å². The average molecular weight is 286 g/mol. The van der Waals surface area contributed by atoms with E-state index in [1.807, 2.05) is 0 Å². The van der Waals surface area contributed by atoms with Gasteiger partial charge in [-0.05, 0) is 12.1 Å². The van der Waals surface area contributed by atoms with Crippen LogP contribution in [0.15, 0.2) is 23.1 Å². The Morgan fingerprint density at radius 1 is 1.32 bits per heavy atom. The Kier molecular flexibility index (Phi) is 3.86. The number of hydrogen-bond acceptors (Lipinski definition) is 4. The molecule has 0 saturated carbocycles. The highest BCUT2D eigenvalue weighted by molar-refractivity contribution is 7.90. The second kappa shape index (κ2) is 5.26. The number of hydrogen-bond donors (Lipinski definition) is 2. The maximum atomic E-state index is 14.0. The molecule has 1 atom stereocenters. The van der Waals surface area contributed by atoms with Crippen LogP contribution in [-0.2, 0) is 14.6 Å². The van der Waals surface area contributed by atoms with E-state index < -0.39 is 21.7 Å². The minimum Gasteiger partial charge on any atom is -0.355 e. The van der Waals surface area contributed by atoms with Gasteiger partial charge in [-0.25, -0.2) is 12.8 Å². The molecule has 2 rings (SSSR count). The molecule has 1 unspecified atom stereocenters. The summed E-state index contributed by atoms with van der Waals surface area (Å²) in [7, 11) is -3.43. The third-order valence-corrected chi connectivity index (χ3v) is 4.11. The molecule has 1 aliphatic heterocycles. The van der Waals surface area contributed by atoms with Crippen LogP contribution < -0.4 is 10.6 Å². The number of carbonyl (C=O) groups excluding carboxylic acids is 1. The van der Waals surface area contributed by atoms with Gasteiger partial charge >= 0.3 is 0 Å². The Bertz CT molecular complexity index is 601. The van der Waals surface area contributed by atoms with Crippen LogP contribution in [0.3, 0.4) is 0 Å². The van der Waals surface area contributed by atoms with Gasteiger partial charge in [-0.1, -0.05) is 6.07 Å². The smallest absolute Gasteiger partial charge is 0.221 e. The molecule has 0 aliphatic carbocycles. The number of nitrogens with one attached hydrogen (secondary N) is 2. The van der Waals surface area contributed by atoms with E-state index in [0.29, 0.717) is 18.7 Å². The van der Waals surface area contributed by atoms with Gasteiger partial charge in [-0.15, -0.1) is 0 Å². The highest BCUT2D eigenvalue weighted by Crippen LogP contribution is 2.23. The fraction of sp³-hybridized carbons (Fsp3) is 0.417. The third kappa shape index (κ3) is 3.30. The van der Waals surface area contributed by atoms with Crippen molar-refractivity contribution in [3.8, 4) is 0 Å². The maximum absolute atomic E-state index is 14.0. The number of amides is 1. The van der Waals surface area contributed by atoms with Crippen molar-refractivity contribution in [2.75, 3.05) is 19.3 Å². The van der Waals surface area contributed by atoms with Gasteiger partial charge in [-0.3, -0.25) is 4.79 Å². The first-order chi connectivity index (χ1) is 8.88. The predicted molar refractivity (Wildman–Crippen MR) is 67.9 cm³/mol. The summed E-state index contributed by atoms with van der Waals surface area (Å²) in [4.78, 5) is 11.4. The van der Waals surface area contributed by atoms with Crippen molar-refractivity contribution in [3.63, 3.8) is 0 Å². The summed E-state index contributed by atoms with van der Waals surface area (Å²) < 4.78 is 36.7. The molecule has 0 radical (unpaired) electrons. The van der Waals surface area contributed by atoms with E-state index in [1.54, 1.807) is 0 Å². The first-order valence-electron chi connectivity index (χ1n) is 5.87. The molecule has 1 aromatic rings. The number of carbonyl (C=O) groups is 1. The highest BCUT2D eigenvalue weighted by Gasteiger charge is 2.22. The van der Waals surface area contributed by atoms with Crippen LogP contribution in [0.1, 0.15) is 18.0 Å². The largest absolute Gasteiger partial charge is 0.355 e. The van der Waals surface area contributed by atoms with E-state index in [2.05, 4.69) is 10.6 Å². The normalized spacial score (nSPS) is 20.7. The first-order valence-corrected chi connectivity index (χ1v) is 7.76. The van der Waals surface area contributed by atoms with Gasteiger partial charge in [0.25, 0.3) is 0 Å². The molecular formula is C12H15FN2O3S. The molecule has 1 heterocycles. The molecule has 1 saturated heterocycles. The molecule has 0 bridgehead atoms. The maximum Gasteiger partial charge on any atom is 0.221 e. The second-order valence-electron chi connectivity index (χ2n) is 4.52. The van der Waals surface area contributed by atoms with Gasteiger partial charge in [0.05, 0.1) is 4.90 Å². The summed E-state index contributed by atoms with van der Waals surface area (Å²) >= 11 is 0. The Morgan fingerprint density at radius 3 is 2.68 bits per heavy atom. The van der Waals surface area contributed by atoms with Crippen molar-refractivity contribution in [1.82, 2.24) is 10.6 Å². The van der Waals surface area contributed by atoms with E-state index in [9.17, 15) is 17.6 Å². The van der Waals surface area contributed by atoms with Crippen LogP contribution >= 0.6 is 0 Å². The van der Waals surface area contributed by atoms with E-state index in [4.69, 9.17) is 0 Å². The quantitative estimate of drug-likeness (QED) is 0.824. The second-order valence-corrected chi connectivity index (χ2v) is 6.53. The molecule has 2 N–H and O–H groups in total. The van der Waals surface area contributed by atoms with Crippen LogP contribution in [-0.4, -0.2) is 33.7 Å². The van der Waals surface area contributed by atoms with Gasteiger partial charge in [0, 0.05) is 37.4 Å². The molecule has 7 heteroatoms. The minimum atomic E-state index is -3.43. The minimum absolute atomic E-state index is 0.0631. The summed E-state index contributed by atoms with van der Waals surface area (Å²) in [6.07, 6.45) is 1.16. The van der Waals surface area contributed by atoms with Crippen molar-refractivity contribution in [2.45, 2.75) is 17.4 Å². The zero-order chi connectivity index (χ0) is 14.0. The molecule has 1 amide bonds. The van der Waals surface area contributed by atoms with Gasteiger partial charge in [0.15, 0.2) is 9.84 Å². The Labute approximate surface area is 111 Å². The van der Waals surface area contributed by atoms with Crippen molar-refractivity contribution in [3.05, 3.63) is 29.6 Å². The lowest BCUT2D eigenvalue weighted by Gasteiger charge is -2.16. The van der Waals surface area contributed by atoms with Crippen LogP contribution in [0.25, 0.3) is 0 Å². The SMILES string of the molecule is CS(=O)(=O)c1ccc(C2CC(=O)NCCN2)c(F)c1. The molecule has 1 aromatic carbocycles. The van der Waals surface area contributed by atoms with Crippen molar-refractivity contribution in [2.24, 2.45) is 0 Å². The summed E-state index contributed by atoms with van der Waals surface area (Å²) in [5.41, 5.74) is 0.310. The monoisotopic (exact) mass is 286 g/mol. The fourth-order valence-electron chi connectivity index (χ4n) is 2.02. The molecule has 19 heavy (non-hydrogen) atoms. The number of halogens is 1. The molecule has 5 nitrogen and oxygen atoms in total. The zero-order valence-electron chi connectivity index (χ0n) is 10.4. The van der Waals surface area contributed by atoms with Gasteiger partial charge in [0.2, 0.25) is 5.91 Å². The van der Waals surface area contributed by atoms with Crippen molar-refractivity contribution < 1.29 is 17.6 Å². The molecule has 0 spiro atoms. The molecule has 104 valence electrons. The Hall–Kier alpha value is -1.47. The van der Waals surface area contributed by atoms with Gasteiger partial charge in [-0.2, -0.15) is 0 Å². The zero-order valence-corrected chi connectivity index (χ0v) is 11.3. The van der Waals surface area contributed by atoms with Gasteiger partial charge < -0.3 is 10.6 Å². The highest BCUT2D eigenvalue weighted by atomic mass is 32.2. The average Bonchev–Trinajstić information content (AvgIpc) is 2.52. The van der Waals surface area contributed by atoms with Crippen LogP contribution in [0.4, 0.5) is 4.39 Å². The standard InChI is InChI=1S/C12H15FN2O3S/c1-19(17,18)8-2-3-9(10(13)6-8)11-7-12(16)15-5-4-14-11/h2-3,6,11,14H,4-5,7H2,1H3,(H,15,16). The predicted octanol–water partition coefficient (Wildman–Crippen LogP) is 0.380. The third-order valence-electron chi connectivity index (χ3n) is 3.00. The van der Waals surface area contributed by atoms with Gasteiger partial charge in [0.1, 0.15) is 5.82 Å². The molecule has 1 aliphatic rings. The number of sulfone groups is 1. The summed E-state index contributed by atoms with van der Waals surface area (Å²) in [6, 6.07) is 3.34. The lowest BCUT2D eigenvalue weighted by atomic mass is 10.0. The lowest BCUT2D eigenvalue weighted by molar-refractivity contribution is -0.121. The first kappa shape index (κ1) is 14.0. The molecular weight excluding hydrogens is 271 g/mol. The van der Waals surface area contributed by atoms with E-state index in [0.717, 1.165) is 12.3 Å². The summed E-state index contributed by atoms with van der Waals surface area (Å²) in [5.74, 6) is -0.767. The topological polar surface area (TPSA) is 75.3 Å². The van der Waals surface area contributed by atoms with Crippen molar-refractivity contribution in [1.29, 1.82) is 0 Å². The van der Waals surface area contributed by atoms with Crippen LogP contribution in [0.2, 0.25) is 0 Å². The summed E-state index contributed by atoms with van der Waals surface area (Å²) in [5, 5.41) is 5.73. The fourth-order valence-corrected chi connectivity index (χ4v) is 2.65. The van der Waals surface area contributed by atoms with E-state index >= 15 is 0 Å². The summed E-state index contributed by atoms with van der Waals surface area (Å²) in [6.45, 7) is 1.04. The Balaban J connectivity index is 2.32. The molecule has 0 aromatic heterocycles. The number of benzene rings is 1.